The molecule has 0 saturated carbocycles. The first-order valence-electron chi connectivity index (χ1n) is 9.74. The maximum Gasteiger partial charge on any atom is 0.437 e. The minimum atomic E-state index is -5.02. The van der Waals surface area contributed by atoms with Crippen LogP contribution in [-0.4, -0.2) is 25.2 Å². The van der Waals surface area contributed by atoms with Crippen molar-refractivity contribution in [2.75, 3.05) is 0 Å². The highest BCUT2D eigenvalue weighted by molar-refractivity contribution is 6.30. The summed E-state index contributed by atoms with van der Waals surface area (Å²) in [5, 5.41) is 20.6. The second-order valence-electron chi connectivity index (χ2n) is 7.35. The third kappa shape index (κ3) is 5.12. The Kier molecular flexibility index (Phi) is 6.23. The fraction of sp³-hybridized carbons (Fsp3) is 0.190. The van der Waals surface area contributed by atoms with Gasteiger partial charge in [-0.2, -0.15) is 28.6 Å². The fourth-order valence-electron chi connectivity index (χ4n) is 3.21. The van der Waals surface area contributed by atoms with Crippen LogP contribution in [0.2, 0.25) is 5.02 Å². The van der Waals surface area contributed by atoms with E-state index in [2.05, 4.69) is 20.3 Å². The lowest BCUT2D eigenvalue weighted by molar-refractivity contribution is -0.142. The number of halogens is 4. The normalized spacial score (nSPS) is 15.6. The average Bonchev–Trinajstić information content (AvgIpc) is 3.23. The number of carbonyl (C=O) groups excluding carboxylic acids is 1. The van der Waals surface area contributed by atoms with Crippen molar-refractivity contribution in [3.05, 3.63) is 80.8 Å². The molecule has 0 aliphatic carbocycles. The SMILES string of the molecule is Cn1cc(C2C=C(Cn3cnc(C(F)(F)F)c(Oc4cc(Cl)cc(C#N)c4)c3=O)C(=O)N=N2)cn1. The molecule has 3 aromatic rings. The number of alkyl halides is 3. The van der Waals surface area contributed by atoms with Crippen LogP contribution in [0.4, 0.5) is 13.2 Å². The zero-order chi connectivity index (χ0) is 25.3. The number of aromatic nitrogens is 4. The van der Waals surface area contributed by atoms with Crippen molar-refractivity contribution >= 4 is 17.5 Å². The summed E-state index contributed by atoms with van der Waals surface area (Å²) >= 11 is 5.88. The Balaban J connectivity index is 1.73. The number of hydrogen-bond acceptors (Lipinski definition) is 7. The van der Waals surface area contributed by atoms with Gasteiger partial charge in [0.2, 0.25) is 5.75 Å². The molecular formula is C21H13ClF3N7O3. The second kappa shape index (κ2) is 9.15. The third-order valence-corrected chi connectivity index (χ3v) is 5.02. The van der Waals surface area contributed by atoms with Crippen LogP contribution >= 0.6 is 11.6 Å². The molecule has 3 heterocycles. The van der Waals surface area contributed by atoms with E-state index in [-0.39, 0.29) is 21.9 Å². The van der Waals surface area contributed by atoms with Gasteiger partial charge in [-0.1, -0.05) is 11.6 Å². The van der Waals surface area contributed by atoms with Gasteiger partial charge >= 0.3 is 6.18 Å². The van der Waals surface area contributed by atoms with Gasteiger partial charge in [0.1, 0.15) is 11.8 Å². The molecule has 1 aromatic carbocycles. The van der Waals surface area contributed by atoms with Crippen molar-refractivity contribution in [3.8, 4) is 17.6 Å². The van der Waals surface area contributed by atoms with Gasteiger partial charge in [0.15, 0.2) is 5.69 Å². The lowest BCUT2D eigenvalue weighted by atomic mass is 10.1. The van der Waals surface area contributed by atoms with Crippen LogP contribution in [0.3, 0.4) is 0 Å². The van der Waals surface area contributed by atoms with Crippen LogP contribution in [0.5, 0.6) is 11.5 Å². The number of benzene rings is 1. The first-order chi connectivity index (χ1) is 16.5. The quantitative estimate of drug-likeness (QED) is 0.518. The molecule has 0 bridgehead atoms. The number of rotatable bonds is 5. The Hall–Kier alpha value is -4.31. The lowest BCUT2D eigenvalue weighted by Gasteiger charge is -2.16. The summed E-state index contributed by atoms with van der Waals surface area (Å²) in [7, 11) is 1.69. The molecule has 0 spiro atoms. The van der Waals surface area contributed by atoms with Crippen LogP contribution < -0.4 is 10.3 Å². The molecule has 1 aliphatic rings. The Labute approximate surface area is 199 Å². The summed E-state index contributed by atoms with van der Waals surface area (Å²) in [6, 6.07) is 4.66. The molecule has 10 nitrogen and oxygen atoms in total. The van der Waals surface area contributed by atoms with Crippen molar-refractivity contribution in [1.82, 2.24) is 19.3 Å². The Morgan fingerprint density at radius 1 is 1.26 bits per heavy atom. The van der Waals surface area contributed by atoms with E-state index in [0.29, 0.717) is 11.9 Å². The highest BCUT2D eigenvalue weighted by Crippen LogP contribution is 2.35. The molecule has 2 aromatic heterocycles. The molecular weight excluding hydrogens is 491 g/mol. The van der Waals surface area contributed by atoms with Gasteiger partial charge < -0.3 is 4.74 Å². The molecule has 1 amide bonds. The molecule has 1 unspecified atom stereocenters. The van der Waals surface area contributed by atoms with Gasteiger partial charge in [-0.15, -0.1) is 5.11 Å². The predicted molar refractivity (Wildman–Crippen MR) is 114 cm³/mol. The third-order valence-electron chi connectivity index (χ3n) is 4.80. The van der Waals surface area contributed by atoms with Crippen molar-refractivity contribution in [3.63, 3.8) is 0 Å². The molecule has 0 radical (unpaired) electrons. The Morgan fingerprint density at radius 2 is 2.03 bits per heavy atom. The van der Waals surface area contributed by atoms with Crippen molar-refractivity contribution < 1.29 is 22.7 Å². The molecule has 0 N–H and O–H groups in total. The number of ether oxygens (including phenoxy) is 1. The van der Waals surface area contributed by atoms with Crippen LogP contribution in [0.1, 0.15) is 22.9 Å². The Bertz CT molecular complexity index is 1480. The Morgan fingerprint density at radius 3 is 2.69 bits per heavy atom. The van der Waals surface area contributed by atoms with Crippen LogP contribution in [0.15, 0.2) is 63.6 Å². The number of azo groups is 1. The number of nitriles is 1. The van der Waals surface area contributed by atoms with Gasteiger partial charge in [0.05, 0.1) is 30.7 Å². The van der Waals surface area contributed by atoms with Crippen LogP contribution in [-0.2, 0) is 24.6 Å². The second-order valence-corrected chi connectivity index (χ2v) is 7.78. The van der Waals surface area contributed by atoms with Crippen molar-refractivity contribution in [2.45, 2.75) is 18.8 Å². The van der Waals surface area contributed by atoms with E-state index in [1.165, 1.54) is 23.0 Å². The van der Waals surface area contributed by atoms with Gasteiger partial charge in [-0.3, -0.25) is 18.8 Å². The number of nitrogens with zero attached hydrogens (tertiary/aromatic N) is 7. The zero-order valence-electron chi connectivity index (χ0n) is 17.7. The number of amides is 1. The molecule has 35 heavy (non-hydrogen) atoms. The van der Waals surface area contributed by atoms with E-state index >= 15 is 0 Å². The monoisotopic (exact) mass is 503 g/mol. The molecule has 14 heteroatoms. The largest absolute Gasteiger partial charge is 0.449 e. The van der Waals surface area contributed by atoms with E-state index in [1.54, 1.807) is 19.3 Å². The summed E-state index contributed by atoms with van der Waals surface area (Å²) in [5.74, 6) is -2.16. The standard InChI is InChI=1S/C21H13ClF3N7O3/c1-31-8-13(7-28-31)16-4-12(19(33)30-29-16)9-32-10-27-18(21(23,24)25)17(20(32)34)35-15-3-11(6-26)2-14(22)5-15/h2-5,7-8,10,16H,9H2,1H3. The van der Waals surface area contributed by atoms with E-state index in [0.717, 1.165) is 16.7 Å². The van der Waals surface area contributed by atoms with Gasteiger partial charge in [-0.05, 0) is 24.3 Å². The molecule has 0 fully saturated rings. The summed E-state index contributed by atoms with van der Waals surface area (Å²) in [6.07, 6.45) is 0.254. The highest BCUT2D eigenvalue weighted by Gasteiger charge is 2.39. The molecule has 178 valence electrons. The van der Waals surface area contributed by atoms with Gasteiger partial charge in [0, 0.05) is 29.4 Å². The minimum Gasteiger partial charge on any atom is -0.449 e. The van der Waals surface area contributed by atoms with Crippen molar-refractivity contribution in [1.29, 1.82) is 5.26 Å². The summed E-state index contributed by atoms with van der Waals surface area (Å²) in [6.45, 7) is -0.437. The number of aryl methyl sites for hydroxylation is 1. The van der Waals surface area contributed by atoms with Crippen LogP contribution in [0, 0.1) is 11.3 Å². The molecule has 4 rings (SSSR count). The minimum absolute atomic E-state index is 0.00929. The average molecular weight is 504 g/mol. The van der Waals surface area contributed by atoms with Crippen LogP contribution in [0.25, 0.3) is 0 Å². The smallest absolute Gasteiger partial charge is 0.437 e. The fourth-order valence-corrected chi connectivity index (χ4v) is 3.44. The number of carbonyl (C=O) groups is 1. The molecule has 1 atom stereocenters. The summed E-state index contributed by atoms with van der Waals surface area (Å²) in [5.41, 5.74) is -2.14. The van der Waals surface area contributed by atoms with E-state index < -0.39 is 41.7 Å². The molecule has 0 saturated heterocycles. The number of hydrogen-bond donors (Lipinski definition) is 0. The first-order valence-corrected chi connectivity index (χ1v) is 10.1. The maximum absolute atomic E-state index is 13.6. The van der Waals surface area contributed by atoms with E-state index in [4.69, 9.17) is 21.6 Å². The lowest BCUT2D eigenvalue weighted by Crippen LogP contribution is -2.28. The van der Waals surface area contributed by atoms with Crippen molar-refractivity contribution in [2.24, 2.45) is 17.3 Å². The predicted octanol–water partition coefficient (Wildman–Crippen LogP) is 3.97. The first kappa shape index (κ1) is 23.8. The highest BCUT2D eigenvalue weighted by atomic mass is 35.5. The topological polar surface area (TPSA) is 128 Å². The summed E-state index contributed by atoms with van der Waals surface area (Å²) < 4.78 is 48.3. The zero-order valence-corrected chi connectivity index (χ0v) is 18.4. The summed E-state index contributed by atoms with van der Waals surface area (Å²) in [4.78, 5) is 28.6. The van der Waals surface area contributed by atoms with Gasteiger partial charge in [-0.25, -0.2) is 4.98 Å². The maximum atomic E-state index is 13.6. The molecule has 1 aliphatic heterocycles. The van der Waals surface area contributed by atoms with Gasteiger partial charge in [0.25, 0.3) is 11.5 Å². The van der Waals surface area contributed by atoms with E-state index in [1.807, 2.05) is 0 Å². The van der Waals surface area contributed by atoms with E-state index in [9.17, 15) is 22.8 Å².